The van der Waals surface area contributed by atoms with Crippen molar-refractivity contribution < 1.29 is 23.1 Å². The van der Waals surface area contributed by atoms with Gasteiger partial charge in [0, 0.05) is 19.0 Å². The van der Waals surface area contributed by atoms with Crippen molar-refractivity contribution in [3.63, 3.8) is 0 Å². The number of nitrogens with zero attached hydrogens (tertiary/aromatic N) is 2. The third kappa shape index (κ3) is 5.28. The molecule has 160 valence electrons. The Hall–Kier alpha value is -2.65. The van der Waals surface area contributed by atoms with Crippen LogP contribution in [0.4, 0.5) is 5.82 Å². The van der Waals surface area contributed by atoms with Gasteiger partial charge in [-0.1, -0.05) is 41.9 Å². The van der Waals surface area contributed by atoms with E-state index in [0.29, 0.717) is 43.0 Å². The molecule has 0 spiro atoms. The van der Waals surface area contributed by atoms with Crippen molar-refractivity contribution in [1.29, 1.82) is 0 Å². The lowest BCUT2D eigenvalue weighted by Gasteiger charge is -2.32. The van der Waals surface area contributed by atoms with Gasteiger partial charge in [0.15, 0.2) is 0 Å². The number of aryl methyl sites for hydroxylation is 1. The van der Waals surface area contributed by atoms with Gasteiger partial charge >= 0.3 is 5.97 Å². The molecular formula is C20H22ClN3O5S. The third-order valence-corrected chi connectivity index (χ3v) is 6.50. The molecule has 1 aromatic heterocycles. The SMILES string of the molecule is Cc1nc(N2CCC(C(=O)NS(=O)(=O)Cc3ccccc3)CC2)c(Cl)cc1C(=O)O. The highest BCUT2D eigenvalue weighted by Crippen LogP contribution is 2.30. The van der Waals surface area contributed by atoms with Crippen LogP contribution in [0.3, 0.4) is 0 Å². The fourth-order valence-corrected chi connectivity index (χ4v) is 4.87. The van der Waals surface area contributed by atoms with Crippen molar-refractivity contribution in [2.45, 2.75) is 25.5 Å². The molecule has 3 rings (SSSR count). The molecule has 1 saturated heterocycles. The minimum atomic E-state index is -3.78. The molecule has 1 aliphatic rings. The number of hydrogen-bond donors (Lipinski definition) is 2. The lowest BCUT2D eigenvalue weighted by molar-refractivity contribution is -0.123. The van der Waals surface area contributed by atoms with Crippen LogP contribution in [0.1, 0.15) is 34.5 Å². The van der Waals surface area contributed by atoms with E-state index in [4.69, 9.17) is 16.7 Å². The summed E-state index contributed by atoms with van der Waals surface area (Å²) in [4.78, 5) is 29.9. The summed E-state index contributed by atoms with van der Waals surface area (Å²) in [5.41, 5.74) is 1.00. The molecule has 0 radical (unpaired) electrons. The monoisotopic (exact) mass is 451 g/mol. The summed E-state index contributed by atoms with van der Waals surface area (Å²) in [6, 6.07) is 10.0. The Morgan fingerprint density at radius 2 is 1.87 bits per heavy atom. The number of nitrogens with one attached hydrogen (secondary N) is 1. The van der Waals surface area contributed by atoms with Crippen LogP contribution >= 0.6 is 11.6 Å². The largest absolute Gasteiger partial charge is 0.478 e. The Kier molecular flexibility index (Phi) is 6.62. The zero-order chi connectivity index (χ0) is 21.9. The zero-order valence-corrected chi connectivity index (χ0v) is 17.9. The molecule has 0 saturated carbocycles. The van der Waals surface area contributed by atoms with Crippen molar-refractivity contribution in [3.8, 4) is 0 Å². The number of piperidine rings is 1. The summed E-state index contributed by atoms with van der Waals surface area (Å²) in [5, 5.41) is 9.40. The first kappa shape index (κ1) is 22.0. The number of aromatic nitrogens is 1. The van der Waals surface area contributed by atoms with Gasteiger partial charge < -0.3 is 10.0 Å². The van der Waals surface area contributed by atoms with Crippen molar-refractivity contribution >= 4 is 39.3 Å². The van der Waals surface area contributed by atoms with E-state index in [2.05, 4.69) is 9.71 Å². The number of halogens is 1. The minimum absolute atomic E-state index is 0.0432. The number of anilines is 1. The van der Waals surface area contributed by atoms with Crippen LogP contribution in [0, 0.1) is 12.8 Å². The van der Waals surface area contributed by atoms with Crippen molar-refractivity contribution in [2.24, 2.45) is 5.92 Å². The Labute approximate surface area is 179 Å². The lowest BCUT2D eigenvalue weighted by atomic mass is 9.96. The second-order valence-corrected chi connectivity index (χ2v) is 9.33. The van der Waals surface area contributed by atoms with E-state index in [0.717, 1.165) is 0 Å². The third-order valence-electron chi connectivity index (χ3n) is 5.00. The predicted octanol–water partition coefficient (Wildman–Crippen LogP) is 2.60. The van der Waals surface area contributed by atoms with Crippen molar-refractivity contribution in [1.82, 2.24) is 9.71 Å². The Bertz CT molecular complexity index is 1050. The van der Waals surface area contributed by atoms with E-state index >= 15 is 0 Å². The first-order valence-electron chi connectivity index (χ1n) is 9.40. The average molecular weight is 452 g/mol. The van der Waals surface area contributed by atoms with Crippen molar-refractivity contribution in [3.05, 3.63) is 58.2 Å². The van der Waals surface area contributed by atoms with E-state index < -0.39 is 27.8 Å². The van der Waals surface area contributed by atoms with Crippen LogP contribution in [0.5, 0.6) is 0 Å². The maximum Gasteiger partial charge on any atom is 0.337 e. The number of aromatic carboxylic acids is 1. The van der Waals surface area contributed by atoms with E-state index in [1.54, 1.807) is 37.3 Å². The molecule has 0 unspecified atom stereocenters. The molecular weight excluding hydrogens is 430 g/mol. The van der Waals surface area contributed by atoms with Crippen LogP contribution in [0.25, 0.3) is 0 Å². The summed E-state index contributed by atoms with van der Waals surface area (Å²) in [6.45, 7) is 2.51. The van der Waals surface area contributed by atoms with Crippen LogP contribution in [-0.2, 0) is 20.6 Å². The van der Waals surface area contributed by atoms with Crippen LogP contribution in [-0.4, -0.2) is 43.5 Å². The zero-order valence-electron chi connectivity index (χ0n) is 16.3. The lowest BCUT2D eigenvalue weighted by Crippen LogP contribution is -2.43. The molecule has 2 aromatic rings. The van der Waals surface area contributed by atoms with Gasteiger partial charge in [0.1, 0.15) is 5.82 Å². The van der Waals surface area contributed by atoms with Gasteiger partial charge in [-0.2, -0.15) is 0 Å². The van der Waals surface area contributed by atoms with Gasteiger partial charge in [-0.15, -0.1) is 0 Å². The molecule has 1 aromatic carbocycles. The van der Waals surface area contributed by atoms with E-state index in [-0.39, 0.29) is 16.3 Å². The normalized spacial score (nSPS) is 15.1. The fraction of sp³-hybridized carbons (Fsp3) is 0.350. The van der Waals surface area contributed by atoms with Crippen LogP contribution < -0.4 is 9.62 Å². The number of carboxylic acids is 1. The van der Waals surface area contributed by atoms with Gasteiger partial charge in [0.2, 0.25) is 15.9 Å². The average Bonchev–Trinajstić information content (AvgIpc) is 2.69. The highest BCUT2D eigenvalue weighted by Gasteiger charge is 2.29. The van der Waals surface area contributed by atoms with E-state index in [9.17, 15) is 18.0 Å². The topological polar surface area (TPSA) is 117 Å². The van der Waals surface area contributed by atoms with Crippen LogP contribution in [0.15, 0.2) is 36.4 Å². The summed E-state index contributed by atoms with van der Waals surface area (Å²) in [7, 11) is -3.78. The van der Waals surface area contributed by atoms with Gasteiger partial charge in [-0.3, -0.25) is 9.52 Å². The molecule has 1 aliphatic heterocycles. The second kappa shape index (κ2) is 9.01. The number of pyridine rings is 1. The molecule has 30 heavy (non-hydrogen) atoms. The molecule has 10 heteroatoms. The second-order valence-electron chi connectivity index (χ2n) is 7.20. The minimum Gasteiger partial charge on any atom is -0.478 e. The number of carbonyl (C=O) groups excluding carboxylic acids is 1. The maximum absolute atomic E-state index is 12.5. The molecule has 1 fully saturated rings. The van der Waals surface area contributed by atoms with Gasteiger partial charge in [0.05, 0.1) is 22.0 Å². The smallest absolute Gasteiger partial charge is 0.337 e. The first-order valence-corrected chi connectivity index (χ1v) is 11.4. The summed E-state index contributed by atoms with van der Waals surface area (Å²) in [6.07, 6.45) is 0.870. The van der Waals surface area contributed by atoms with Gasteiger partial charge in [-0.25, -0.2) is 18.2 Å². The summed E-state index contributed by atoms with van der Waals surface area (Å²) < 4.78 is 26.8. The first-order chi connectivity index (χ1) is 14.2. The van der Waals surface area contributed by atoms with Crippen LogP contribution in [0.2, 0.25) is 5.02 Å². The summed E-state index contributed by atoms with van der Waals surface area (Å²) in [5.74, 6) is -1.84. The molecule has 1 amide bonds. The molecule has 8 nitrogen and oxygen atoms in total. The maximum atomic E-state index is 12.5. The number of hydrogen-bond acceptors (Lipinski definition) is 6. The van der Waals surface area contributed by atoms with E-state index in [1.165, 1.54) is 6.07 Å². The quantitative estimate of drug-likeness (QED) is 0.693. The number of carboxylic acid groups (broad SMARTS) is 1. The number of amides is 1. The van der Waals surface area contributed by atoms with Gasteiger partial charge in [0.25, 0.3) is 0 Å². The summed E-state index contributed by atoms with van der Waals surface area (Å²) >= 11 is 6.22. The Morgan fingerprint density at radius 1 is 1.23 bits per heavy atom. The number of rotatable bonds is 6. The van der Waals surface area contributed by atoms with Gasteiger partial charge in [-0.05, 0) is 31.4 Å². The standard InChI is InChI=1S/C20H22ClN3O5S/c1-13-16(20(26)27)11-17(21)18(22-13)24-9-7-15(8-10-24)19(25)23-30(28,29)12-14-5-3-2-4-6-14/h2-6,11,15H,7-10,12H2,1H3,(H,23,25)(H,26,27). The molecule has 2 heterocycles. The van der Waals surface area contributed by atoms with E-state index in [1.807, 2.05) is 4.90 Å². The van der Waals surface area contributed by atoms with Crippen molar-refractivity contribution in [2.75, 3.05) is 18.0 Å². The Morgan fingerprint density at radius 3 is 2.47 bits per heavy atom. The highest BCUT2D eigenvalue weighted by atomic mass is 35.5. The molecule has 2 N–H and O–H groups in total. The number of sulfonamides is 1. The molecule has 0 bridgehead atoms. The number of benzene rings is 1. The predicted molar refractivity (Wildman–Crippen MR) is 113 cm³/mol. The molecule has 0 atom stereocenters. The Balaban J connectivity index is 1.61. The highest BCUT2D eigenvalue weighted by molar-refractivity contribution is 7.89. The number of carbonyl (C=O) groups is 2. The fourth-order valence-electron chi connectivity index (χ4n) is 3.43. The molecule has 0 aliphatic carbocycles.